The molecular formula is C22H17N3O2. The number of fused-ring (bicyclic) bond motifs is 1. The van der Waals surface area contributed by atoms with E-state index in [-0.39, 0.29) is 5.78 Å². The van der Waals surface area contributed by atoms with E-state index in [0.717, 1.165) is 22.2 Å². The summed E-state index contributed by atoms with van der Waals surface area (Å²) in [5.41, 5.74) is 2.93. The van der Waals surface area contributed by atoms with E-state index in [1.807, 2.05) is 85.8 Å². The van der Waals surface area contributed by atoms with E-state index < -0.39 is 11.8 Å². The topological polar surface area (TPSA) is 60.3 Å². The fourth-order valence-electron chi connectivity index (χ4n) is 3.52. The van der Waals surface area contributed by atoms with Gasteiger partial charge in [-0.1, -0.05) is 77.5 Å². The third-order valence-corrected chi connectivity index (χ3v) is 5.00. The summed E-state index contributed by atoms with van der Waals surface area (Å²) >= 11 is 0. The second kappa shape index (κ2) is 5.86. The van der Waals surface area contributed by atoms with E-state index in [4.69, 9.17) is 4.74 Å². The van der Waals surface area contributed by atoms with Crippen molar-refractivity contribution in [3.05, 3.63) is 95.6 Å². The highest BCUT2D eigenvalue weighted by atomic mass is 16.6. The molecule has 0 saturated carbocycles. The van der Waals surface area contributed by atoms with Crippen LogP contribution in [-0.4, -0.2) is 20.8 Å². The van der Waals surface area contributed by atoms with Gasteiger partial charge in [-0.25, -0.2) is 4.68 Å². The molecule has 5 heteroatoms. The van der Waals surface area contributed by atoms with Crippen LogP contribution in [0, 0.1) is 6.92 Å². The van der Waals surface area contributed by atoms with Crippen molar-refractivity contribution in [2.75, 3.05) is 0 Å². The quantitative estimate of drug-likeness (QED) is 0.409. The number of rotatable bonds is 4. The molecule has 1 aliphatic rings. The van der Waals surface area contributed by atoms with Crippen molar-refractivity contribution in [3.8, 4) is 0 Å². The van der Waals surface area contributed by atoms with Crippen LogP contribution >= 0.6 is 0 Å². The molecule has 5 nitrogen and oxygen atoms in total. The van der Waals surface area contributed by atoms with Crippen LogP contribution in [0.25, 0.3) is 11.0 Å². The van der Waals surface area contributed by atoms with E-state index in [9.17, 15) is 4.79 Å². The molecule has 0 amide bonds. The molecule has 2 atom stereocenters. The highest BCUT2D eigenvalue weighted by Gasteiger charge is 2.66. The summed E-state index contributed by atoms with van der Waals surface area (Å²) in [6.45, 7) is 2.00. The average molecular weight is 355 g/mol. The lowest BCUT2D eigenvalue weighted by molar-refractivity contribution is 0.0770. The molecule has 4 aromatic rings. The largest absolute Gasteiger partial charge is 0.331 e. The number of hydrogen-bond acceptors (Lipinski definition) is 4. The molecule has 3 aromatic carbocycles. The van der Waals surface area contributed by atoms with Gasteiger partial charge in [0, 0.05) is 5.56 Å². The van der Waals surface area contributed by atoms with E-state index >= 15 is 0 Å². The van der Waals surface area contributed by atoms with Crippen LogP contribution in [0.15, 0.2) is 78.9 Å². The van der Waals surface area contributed by atoms with Gasteiger partial charge in [0.2, 0.25) is 5.78 Å². The van der Waals surface area contributed by atoms with Crippen LogP contribution in [0.1, 0.15) is 27.6 Å². The lowest BCUT2D eigenvalue weighted by atomic mass is 9.97. The van der Waals surface area contributed by atoms with Crippen molar-refractivity contribution in [3.63, 3.8) is 0 Å². The Hall–Kier alpha value is -3.31. The van der Waals surface area contributed by atoms with Gasteiger partial charge in [-0.2, -0.15) is 0 Å². The number of aryl methyl sites for hydroxylation is 1. The van der Waals surface area contributed by atoms with Crippen molar-refractivity contribution in [2.24, 2.45) is 0 Å². The molecule has 1 aliphatic heterocycles. The number of aromatic nitrogens is 3. The number of Topliss-reactive ketones (excluding diaryl/α,β-unsaturated/α-hetero) is 1. The van der Waals surface area contributed by atoms with E-state index in [1.54, 1.807) is 4.68 Å². The van der Waals surface area contributed by atoms with E-state index in [1.165, 1.54) is 0 Å². The first-order valence-corrected chi connectivity index (χ1v) is 8.85. The highest BCUT2D eigenvalue weighted by molar-refractivity contribution is 6.03. The molecular weight excluding hydrogens is 338 g/mol. The fourth-order valence-corrected chi connectivity index (χ4v) is 3.52. The smallest absolute Gasteiger partial charge is 0.258 e. The second-order valence-electron chi connectivity index (χ2n) is 6.79. The number of hydrogen-bond donors (Lipinski definition) is 0. The number of ketones is 1. The molecule has 5 rings (SSSR count). The molecule has 0 radical (unpaired) electrons. The molecule has 2 heterocycles. The lowest BCUT2D eigenvalue weighted by Gasteiger charge is -2.14. The highest BCUT2D eigenvalue weighted by Crippen LogP contribution is 2.55. The zero-order chi connectivity index (χ0) is 18.4. The Kier molecular flexibility index (Phi) is 3.45. The molecule has 0 spiro atoms. The van der Waals surface area contributed by atoms with Crippen molar-refractivity contribution >= 4 is 16.8 Å². The van der Waals surface area contributed by atoms with E-state index in [2.05, 4.69) is 10.3 Å². The minimum absolute atomic E-state index is 0.119. The Morgan fingerprint density at radius 1 is 0.963 bits per heavy atom. The number of carbonyl (C=O) groups is 1. The summed E-state index contributed by atoms with van der Waals surface area (Å²) in [6, 6.07) is 24.9. The van der Waals surface area contributed by atoms with Crippen molar-refractivity contribution < 1.29 is 9.53 Å². The maximum absolute atomic E-state index is 13.6. The minimum atomic E-state index is -1.22. The standard InChI is InChI=1S/C22H17N3O2/c1-15-11-13-16(14-12-15)20(26)22(21(27-22)17-7-3-2-4-8-17)25-19-10-6-5-9-18(19)23-24-25/h2-14,21H,1H3. The lowest BCUT2D eigenvalue weighted by Crippen LogP contribution is -2.31. The zero-order valence-electron chi connectivity index (χ0n) is 14.7. The van der Waals surface area contributed by atoms with Gasteiger partial charge in [-0.05, 0) is 24.6 Å². The fraction of sp³-hybridized carbons (Fsp3) is 0.136. The summed E-state index contributed by atoms with van der Waals surface area (Å²) in [5.74, 6) is -0.119. The normalized spacial score (nSPS) is 21.3. The van der Waals surface area contributed by atoms with Gasteiger partial charge in [-0.15, -0.1) is 5.10 Å². The number of carbonyl (C=O) groups excluding carboxylic acids is 1. The summed E-state index contributed by atoms with van der Waals surface area (Å²) in [6.07, 6.45) is -0.405. The molecule has 1 saturated heterocycles. The third-order valence-electron chi connectivity index (χ3n) is 5.00. The summed E-state index contributed by atoms with van der Waals surface area (Å²) < 4.78 is 7.73. The molecule has 132 valence electrons. The minimum Gasteiger partial charge on any atom is -0.331 e. The van der Waals surface area contributed by atoms with Gasteiger partial charge in [0.15, 0.2) is 0 Å². The van der Waals surface area contributed by atoms with Crippen molar-refractivity contribution in [2.45, 2.75) is 18.8 Å². The van der Waals surface area contributed by atoms with Gasteiger partial charge in [0.1, 0.15) is 11.6 Å². The number of nitrogens with zero attached hydrogens (tertiary/aromatic N) is 3. The van der Waals surface area contributed by atoms with Crippen LogP contribution in [0.4, 0.5) is 0 Å². The average Bonchev–Trinajstić information content (AvgIpc) is 3.32. The Bertz CT molecular complexity index is 1140. The molecule has 27 heavy (non-hydrogen) atoms. The number of benzene rings is 3. The molecule has 1 fully saturated rings. The van der Waals surface area contributed by atoms with Gasteiger partial charge in [0.25, 0.3) is 5.72 Å². The maximum Gasteiger partial charge on any atom is 0.258 e. The van der Waals surface area contributed by atoms with Gasteiger partial charge < -0.3 is 4.74 Å². The van der Waals surface area contributed by atoms with Crippen LogP contribution in [-0.2, 0) is 10.5 Å². The monoisotopic (exact) mass is 355 g/mol. The number of para-hydroxylation sites is 1. The van der Waals surface area contributed by atoms with Gasteiger partial charge in [0.05, 0.1) is 5.52 Å². The van der Waals surface area contributed by atoms with Gasteiger partial charge in [-0.3, -0.25) is 4.79 Å². The first kappa shape index (κ1) is 15.9. The zero-order valence-corrected chi connectivity index (χ0v) is 14.7. The van der Waals surface area contributed by atoms with Crippen molar-refractivity contribution in [1.29, 1.82) is 0 Å². The summed E-state index contributed by atoms with van der Waals surface area (Å²) in [7, 11) is 0. The summed E-state index contributed by atoms with van der Waals surface area (Å²) in [5, 5.41) is 8.51. The number of ether oxygens (including phenoxy) is 1. The Labute approximate surface area is 156 Å². The first-order valence-electron chi connectivity index (χ1n) is 8.85. The van der Waals surface area contributed by atoms with Crippen LogP contribution in [0.3, 0.4) is 0 Å². The van der Waals surface area contributed by atoms with Gasteiger partial charge >= 0.3 is 0 Å². The number of epoxide rings is 1. The third kappa shape index (κ3) is 2.39. The molecule has 0 bridgehead atoms. The molecule has 0 N–H and O–H groups in total. The van der Waals surface area contributed by atoms with Crippen LogP contribution in [0.2, 0.25) is 0 Å². The maximum atomic E-state index is 13.6. The summed E-state index contributed by atoms with van der Waals surface area (Å²) in [4.78, 5) is 13.6. The Morgan fingerprint density at radius 2 is 1.67 bits per heavy atom. The Balaban J connectivity index is 1.67. The van der Waals surface area contributed by atoms with Crippen molar-refractivity contribution in [1.82, 2.24) is 15.0 Å². The van der Waals surface area contributed by atoms with Crippen LogP contribution in [0.5, 0.6) is 0 Å². The second-order valence-corrected chi connectivity index (χ2v) is 6.79. The van der Waals surface area contributed by atoms with Crippen LogP contribution < -0.4 is 0 Å². The Morgan fingerprint density at radius 3 is 2.44 bits per heavy atom. The first-order chi connectivity index (χ1) is 13.2. The molecule has 1 aromatic heterocycles. The predicted octanol–water partition coefficient (Wildman–Crippen LogP) is 4.05. The predicted molar refractivity (Wildman–Crippen MR) is 101 cm³/mol. The molecule has 0 aliphatic carbocycles. The SMILES string of the molecule is Cc1ccc(C(=O)C2(n3nnc4ccccc43)OC2c2ccccc2)cc1. The molecule has 2 unspecified atom stereocenters. The van der Waals surface area contributed by atoms with E-state index in [0.29, 0.717) is 5.56 Å².